The van der Waals surface area contributed by atoms with Crippen LogP contribution < -0.4 is 16.0 Å². The van der Waals surface area contributed by atoms with Gasteiger partial charge in [-0.15, -0.1) is 0 Å². The van der Waals surface area contributed by atoms with Gasteiger partial charge in [0.15, 0.2) is 0 Å². The molecule has 0 unspecified atom stereocenters. The van der Waals surface area contributed by atoms with Crippen molar-refractivity contribution in [3.63, 3.8) is 0 Å². The van der Waals surface area contributed by atoms with Crippen molar-refractivity contribution in [2.75, 3.05) is 25.0 Å². The van der Waals surface area contributed by atoms with Gasteiger partial charge in [-0.1, -0.05) is 30.3 Å². The molecular formula is C28H35FN4O5. The fourth-order valence-corrected chi connectivity index (χ4v) is 4.13. The minimum absolute atomic E-state index is 0.214. The van der Waals surface area contributed by atoms with Crippen LogP contribution in [0.25, 0.3) is 0 Å². The van der Waals surface area contributed by atoms with Gasteiger partial charge in [0.2, 0.25) is 17.7 Å². The molecule has 0 bridgehead atoms. The smallest absolute Gasteiger partial charge is 0.408 e. The van der Waals surface area contributed by atoms with E-state index in [4.69, 9.17) is 4.74 Å². The quantitative estimate of drug-likeness (QED) is 0.488. The predicted octanol–water partition coefficient (Wildman–Crippen LogP) is 3.26. The fourth-order valence-electron chi connectivity index (χ4n) is 4.13. The van der Waals surface area contributed by atoms with Crippen LogP contribution >= 0.6 is 0 Å². The third kappa shape index (κ3) is 9.17. The van der Waals surface area contributed by atoms with Crippen molar-refractivity contribution in [2.45, 2.75) is 51.7 Å². The number of hydrogen-bond acceptors (Lipinski definition) is 5. The molecule has 1 atom stereocenters. The largest absolute Gasteiger partial charge is 0.444 e. The normalized spacial score (nSPS) is 14.8. The Morgan fingerprint density at radius 2 is 1.63 bits per heavy atom. The first-order valence-electron chi connectivity index (χ1n) is 12.7. The van der Waals surface area contributed by atoms with Crippen molar-refractivity contribution < 1.29 is 28.3 Å². The number of piperidine rings is 1. The molecule has 1 aliphatic rings. The van der Waals surface area contributed by atoms with Crippen molar-refractivity contribution in [1.29, 1.82) is 0 Å². The maximum absolute atomic E-state index is 13.4. The van der Waals surface area contributed by atoms with E-state index < -0.39 is 29.5 Å². The highest BCUT2D eigenvalue weighted by molar-refractivity contribution is 5.94. The molecule has 0 radical (unpaired) electrons. The fraction of sp³-hybridized carbons (Fsp3) is 0.429. The molecule has 204 valence electrons. The van der Waals surface area contributed by atoms with Crippen LogP contribution in [0.4, 0.5) is 14.9 Å². The highest BCUT2D eigenvalue weighted by Gasteiger charge is 2.32. The number of nitrogens with zero attached hydrogens (tertiary/aromatic N) is 1. The Bertz CT molecular complexity index is 1110. The first-order chi connectivity index (χ1) is 18.0. The van der Waals surface area contributed by atoms with Gasteiger partial charge < -0.3 is 25.6 Å². The van der Waals surface area contributed by atoms with Gasteiger partial charge in [-0.2, -0.15) is 0 Å². The third-order valence-corrected chi connectivity index (χ3v) is 6.00. The number of carbonyl (C=O) groups excluding carboxylic acids is 4. The number of benzene rings is 2. The molecule has 1 aliphatic heterocycles. The lowest BCUT2D eigenvalue weighted by Gasteiger charge is -2.34. The molecule has 1 saturated heterocycles. The molecule has 9 nitrogen and oxygen atoms in total. The zero-order valence-corrected chi connectivity index (χ0v) is 22.0. The van der Waals surface area contributed by atoms with E-state index in [0.717, 1.165) is 5.56 Å². The van der Waals surface area contributed by atoms with E-state index in [0.29, 0.717) is 38.0 Å². The summed E-state index contributed by atoms with van der Waals surface area (Å²) in [7, 11) is 0. The van der Waals surface area contributed by atoms with E-state index in [1.165, 1.54) is 24.3 Å². The van der Waals surface area contributed by atoms with Gasteiger partial charge in [-0.05, 0) is 63.4 Å². The molecule has 3 rings (SSSR count). The van der Waals surface area contributed by atoms with Gasteiger partial charge in [-0.3, -0.25) is 14.4 Å². The van der Waals surface area contributed by atoms with Crippen LogP contribution in [0.1, 0.15) is 39.2 Å². The van der Waals surface area contributed by atoms with Gasteiger partial charge in [0.05, 0.1) is 6.54 Å². The summed E-state index contributed by atoms with van der Waals surface area (Å²) in [5, 5.41) is 7.93. The first-order valence-corrected chi connectivity index (χ1v) is 12.7. The summed E-state index contributed by atoms with van der Waals surface area (Å²) in [4.78, 5) is 52.2. The highest BCUT2D eigenvalue weighted by Crippen LogP contribution is 2.19. The SMILES string of the molecule is CC(C)(C)OC(=O)N[C@@H](Cc1ccccc1)C(=O)N1CCC(C(=O)NCC(=O)Nc2ccc(F)cc2)CC1. The Balaban J connectivity index is 1.51. The summed E-state index contributed by atoms with van der Waals surface area (Å²) in [5.41, 5.74) is 0.629. The number of hydrogen-bond donors (Lipinski definition) is 3. The third-order valence-electron chi connectivity index (χ3n) is 6.00. The van der Waals surface area contributed by atoms with Crippen molar-refractivity contribution >= 4 is 29.5 Å². The lowest BCUT2D eigenvalue weighted by molar-refractivity contribution is -0.137. The lowest BCUT2D eigenvalue weighted by Crippen LogP contribution is -2.53. The van der Waals surface area contributed by atoms with E-state index >= 15 is 0 Å². The van der Waals surface area contributed by atoms with Crippen LogP contribution in [-0.4, -0.2) is 60.0 Å². The summed E-state index contributed by atoms with van der Waals surface area (Å²) in [5.74, 6) is -1.68. The zero-order valence-electron chi connectivity index (χ0n) is 22.0. The van der Waals surface area contributed by atoms with E-state index in [2.05, 4.69) is 16.0 Å². The molecule has 0 saturated carbocycles. The Kier molecular flexibility index (Phi) is 9.81. The number of ether oxygens (including phenoxy) is 1. The molecule has 38 heavy (non-hydrogen) atoms. The second-order valence-electron chi connectivity index (χ2n) is 10.3. The molecule has 0 aromatic heterocycles. The summed E-state index contributed by atoms with van der Waals surface area (Å²) in [6.45, 7) is 5.74. The number of rotatable bonds is 8. The molecule has 1 fully saturated rings. The standard InChI is InChI=1S/C28H35FN4O5/c1-28(2,3)38-27(37)32-23(17-19-7-5-4-6-8-19)26(36)33-15-13-20(14-16-33)25(35)30-18-24(34)31-22-11-9-21(29)10-12-22/h4-12,20,23H,13-18H2,1-3H3,(H,30,35)(H,31,34)(H,32,37)/t23-/m0/s1. The van der Waals surface area contributed by atoms with Gasteiger partial charge in [0, 0.05) is 31.1 Å². The highest BCUT2D eigenvalue weighted by atomic mass is 19.1. The van der Waals surface area contributed by atoms with Crippen LogP contribution in [0.2, 0.25) is 0 Å². The minimum Gasteiger partial charge on any atom is -0.444 e. The average molecular weight is 527 g/mol. The number of anilines is 1. The number of likely N-dealkylation sites (tertiary alicyclic amines) is 1. The van der Waals surface area contributed by atoms with Crippen LogP contribution in [0, 0.1) is 11.7 Å². The molecule has 0 spiro atoms. The number of halogens is 1. The van der Waals surface area contributed by atoms with Gasteiger partial charge in [0.1, 0.15) is 17.5 Å². The van der Waals surface area contributed by atoms with Crippen LogP contribution in [-0.2, 0) is 25.5 Å². The summed E-state index contributed by atoms with van der Waals surface area (Å²) >= 11 is 0. The molecule has 1 heterocycles. The van der Waals surface area contributed by atoms with Crippen molar-refractivity contribution in [1.82, 2.24) is 15.5 Å². The maximum Gasteiger partial charge on any atom is 0.408 e. The van der Waals surface area contributed by atoms with Crippen LogP contribution in [0.3, 0.4) is 0 Å². The van der Waals surface area contributed by atoms with Crippen molar-refractivity contribution in [2.24, 2.45) is 5.92 Å². The van der Waals surface area contributed by atoms with E-state index in [-0.39, 0.29) is 24.3 Å². The molecule has 2 aromatic carbocycles. The monoisotopic (exact) mass is 526 g/mol. The Labute approximate surface area is 222 Å². The Hall–Kier alpha value is -3.95. The summed E-state index contributed by atoms with van der Waals surface area (Å²) in [6, 6.07) is 13.9. The lowest BCUT2D eigenvalue weighted by atomic mass is 9.95. The average Bonchev–Trinajstić information content (AvgIpc) is 2.87. The molecule has 4 amide bonds. The predicted molar refractivity (Wildman–Crippen MR) is 141 cm³/mol. The van der Waals surface area contributed by atoms with E-state index in [1.807, 2.05) is 30.3 Å². The summed E-state index contributed by atoms with van der Waals surface area (Å²) in [6.07, 6.45) is 0.506. The first kappa shape index (κ1) is 28.6. The van der Waals surface area contributed by atoms with Crippen LogP contribution in [0.15, 0.2) is 54.6 Å². The van der Waals surface area contributed by atoms with Crippen LogP contribution in [0.5, 0.6) is 0 Å². The topological polar surface area (TPSA) is 117 Å². The number of alkyl carbamates (subject to hydrolysis) is 1. The molecular weight excluding hydrogens is 491 g/mol. The Morgan fingerprint density at radius 3 is 2.24 bits per heavy atom. The van der Waals surface area contributed by atoms with Gasteiger partial charge in [-0.25, -0.2) is 9.18 Å². The summed E-state index contributed by atoms with van der Waals surface area (Å²) < 4.78 is 18.4. The molecule has 3 N–H and O–H groups in total. The van der Waals surface area contributed by atoms with Gasteiger partial charge in [0.25, 0.3) is 0 Å². The Morgan fingerprint density at radius 1 is 1.00 bits per heavy atom. The number of carbonyl (C=O) groups is 4. The second-order valence-corrected chi connectivity index (χ2v) is 10.3. The minimum atomic E-state index is -0.812. The van der Waals surface area contributed by atoms with Crippen molar-refractivity contribution in [3.05, 3.63) is 66.0 Å². The van der Waals surface area contributed by atoms with Gasteiger partial charge >= 0.3 is 6.09 Å². The molecule has 0 aliphatic carbocycles. The zero-order chi connectivity index (χ0) is 27.7. The number of nitrogens with one attached hydrogen (secondary N) is 3. The van der Waals surface area contributed by atoms with E-state index in [9.17, 15) is 23.6 Å². The maximum atomic E-state index is 13.4. The van der Waals surface area contributed by atoms with Crippen molar-refractivity contribution in [3.8, 4) is 0 Å². The number of amides is 4. The van der Waals surface area contributed by atoms with E-state index in [1.54, 1.807) is 25.7 Å². The molecule has 10 heteroatoms. The second kappa shape index (κ2) is 13.0. The molecule has 2 aromatic rings.